The molecule has 2 aliphatic heterocycles. The van der Waals surface area contributed by atoms with Crippen LogP contribution in [0.15, 0.2) is 68.4 Å². The predicted octanol–water partition coefficient (Wildman–Crippen LogP) is 1.23. The van der Waals surface area contributed by atoms with Gasteiger partial charge < -0.3 is 10.2 Å². The fraction of sp³-hybridized carbons (Fsp3) is 0. The Bertz CT molecular complexity index is 955. The van der Waals surface area contributed by atoms with Crippen LogP contribution in [0.3, 0.4) is 0 Å². The molecule has 4 rings (SSSR count). The number of hydrogen-bond acceptors (Lipinski definition) is 6. The maximum absolute atomic E-state index is 11.3. The number of furan rings is 1. The first-order valence-electron chi connectivity index (χ1n) is 7.13. The van der Waals surface area contributed by atoms with E-state index >= 15 is 0 Å². The van der Waals surface area contributed by atoms with Gasteiger partial charge in [-0.2, -0.15) is 4.99 Å². The van der Waals surface area contributed by atoms with Crippen LogP contribution < -0.4 is 11.6 Å². The largest absolute Gasteiger partial charge is 0.461 e. The van der Waals surface area contributed by atoms with Gasteiger partial charge in [-0.15, -0.1) is 5.84 Å². The number of quaternary nitrogens is 1. The number of amides is 1. The topological polar surface area (TPSA) is 119 Å². The van der Waals surface area contributed by atoms with Gasteiger partial charge in [-0.3, -0.25) is 4.79 Å². The molecule has 2 aliphatic rings. The fourth-order valence-electron chi connectivity index (χ4n) is 2.47. The van der Waals surface area contributed by atoms with Crippen LogP contribution >= 0.6 is 0 Å². The van der Waals surface area contributed by atoms with Crippen LogP contribution in [-0.4, -0.2) is 28.5 Å². The number of primary amides is 1. The summed E-state index contributed by atoms with van der Waals surface area (Å²) >= 11 is 0. The molecule has 3 heterocycles. The quantitative estimate of drug-likeness (QED) is 0.653. The molecule has 118 valence electrons. The SMILES string of the molecule is NC(=O)c1cccc(C2=C[N+]3(N)N=C(c4ccco4)N=C3C=N2)c1. The number of carbonyl (C=O) groups is 1. The summed E-state index contributed by atoms with van der Waals surface area (Å²) < 4.78 is 4.94. The van der Waals surface area contributed by atoms with Gasteiger partial charge in [0.15, 0.2) is 12.0 Å². The van der Waals surface area contributed by atoms with Crippen molar-refractivity contribution in [2.24, 2.45) is 26.7 Å². The van der Waals surface area contributed by atoms with Crippen molar-refractivity contribution in [3.05, 3.63) is 65.7 Å². The molecule has 0 bridgehead atoms. The molecule has 1 unspecified atom stereocenters. The first-order chi connectivity index (χ1) is 11.5. The number of carbonyl (C=O) groups excluding carboxylic acids is 1. The lowest BCUT2D eigenvalue weighted by Gasteiger charge is -2.19. The first kappa shape index (κ1) is 14.2. The summed E-state index contributed by atoms with van der Waals surface area (Å²) in [5, 5.41) is 4.39. The van der Waals surface area contributed by atoms with Gasteiger partial charge in [0.05, 0.1) is 6.26 Å². The van der Waals surface area contributed by atoms with Crippen LogP contribution in [0.5, 0.6) is 0 Å². The Morgan fingerprint density at radius 3 is 2.83 bits per heavy atom. The summed E-state index contributed by atoms with van der Waals surface area (Å²) in [5.74, 6) is 7.19. The molecule has 1 aromatic heterocycles. The summed E-state index contributed by atoms with van der Waals surface area (Å²) in [6.45, 7) is 0. The van der Waals surface area contributed by atoms with E-state index in [4.69, 9.17) is 16.0 Å². The summed E-state index contributed by atoms with van der Waals surface area (Å²) in [7, 11) is 0. The smallest absolute Gasteiger partial charge is 0.300 e. The second-order valence-electron chi connectivity index (χ2n) is 5.33. The number of aliphatic imine (C=N–C) groups is 2. The Balaban J connectivity index is 1.75. The number of fused-ring (bicyclic) bond motifs is 1. The van der Waals surface area contributed by atoms with E-state index in [0.717, 1.165) is 0 Å². The van der Waals surface area contributed by atoms with E-state index in [1.54, 1.807) is 49.0 Å². The van der Waals surface area contributed by atoms with Crippen LogP contribution in [0.4, 0.5) is 0 Å². The number of nitrogens with zero attached hydrogens (tertiary/aromatic N) is 4. The Morgan fingerprint density at radius 1 is 1.21 bits per heavy atom. The van der Waals surface area contributed by atoms with E-state index in [-0.39, 0.29) is 4.70 Å². The lowest BCUT2D eigenvalue weighted by Crippen LogP contribution is -2.50. The maximum Gasteiger partial charge on any atom is 0.300 e. The molecule has 1 amide bonds. The van der Waals surface area contributed by atoms with Crippen LogP contribution in [-0.2, 0) is 0 Å². The maximum atomic E-state index is 11.3. The highest BCUT2D eigenvalue weighted by Crippen LogP contribution is 2.26. The number of rotatable bonds is 3. The number of nitrogens with two attached hydrogens (primary N) is 2. The Hall–Kier alpha value is -3.36. The molecular formula is C16H13N6O2+. The highest BCUT2D eigenvalue weighted by atomic mass is 16.3. The van der Waals surface area contributed by atoms with Gasteiger partial charge in [0.1, 0.15) is 11.9 Å². The van der Waals surface area contributed by atoms with Crippen molar-refractivity contribution < 1.29 is 13.9 Å². The van der Waals surface area contributed by atoms with E-state index in [9.17, 15) is 4.79 Å². The second-order valence-corrected chi connectivity index (χ2v) is 5.33. The predicted molar refractivity (Wildman–Crippen MR) is 88.6 cm³/mol. The number of hydrogen-bond donors (Lipinski definition) is 2. The van der Waals surface area contributed by atoms with Crippen LogP contribution in [0.1, 0.15) is 21.7 Å². The molecule has 1 aromatic carbocycles. The second kappa shape index (κ2) is 5.08. The van der Waals surface area contributed by atoms with Crippen molar-refractivity contribution in [2.45, 2.75) is 0 Å². The first-order valence-corrected chi connectivity index (χ1v) is 7.13. The van der Waals surface area contributed by atoms with E-state index in [0.29, 0.717) is 34.3 Å². The zero-order chi connectivity index (χ0) is 16.7. The van der Waals surface area contributed by atoms with Crippen molar-refractivity contribution >= 4 is 29.5 Å². The summed E-state index contributed by atoms with van der Waals surface area (Å²) in [6, 6.07) is 10.4. The van der Waals surface area contributed by atoms with Gasteiger partial charge in [-0.05, 0) is 34.1 Å². The van der Waals surface area contributed by atoms with Crippen LogP contribution in [0.2, 0.25) is 0 Å². The van der Waals surface area contributed by atoms with Crippen molar-refractivity contribution in [3.63, 3.8) is 0 Å². The minimum absolute atomic E-state index is 0.365. The average Bonchev–Trinajstić information content (AvgIpc) is 3.21. The van der Waals surface area contributed by atoms with Gasteiger partial charge >= 0.3 is 0 Å². The molecular weight excluding hydrogens is 308 g/mol. The molecule has 2 aromatic rings. The lowest BCUT2D eigenvalue weighted by molar-refractivity contribution is -0.802. The van der Waals surface area contributed by atoms with E-state index in [1.807, 2.05) is 6.07 Å². The van der Waals surface area contributed by atoms with Crippen molar-refractivity contribution in [2.75, 3.05) is 0 Å². The van der Waals surface area contributed by atoms with Gasteiger partial charge in [0.25, 0.3) is 11.7 Å². The molecule has 0 radical (unpaired) electrons. The highest BCUT2D eigenvalue weighted by molar-refractivity contribution is 6.32. The molecule has 8 nitrogen and oxygen atoms in total. The zero-order valence-corrected chi connectivity index (χ0v) is 12.5. The van der Waals surface area contributed by atoms with Gasteiger partial charge in [-0.25, -0.2) is 4.99 Å². The monoisotopic (exact) mass is 321 g/mol. The lowest BCUT2D eigenvalue weighted by atomic mass is 10.1. The van der Waals surface area contributed by atoms with Crippen LogP contribution in [0, 0.1) is 0 Å². The third-order valence-corrected chi connectivity index (χ3v) is 3.67. The van der Waals surface area contributed by atoms with Crippen molar-refractivity contribution in [3.8, 4) is 0 Å². The molecule has 8 heteroatoms. The average molecular weight is 321 g/mol. The number of benzene rings is 1. The van der Waals surface area contributed by atoms with Gasteiger partial charge in [0, 0.05) is 11.1 Å². The fourth-order valence-corrected chi connectivity index (χ4v) is 2.47. The summed E-state index contributed by atoms with van der Waals surface area (Å²) in [6.07, 6.45) is 4.74. The summed E-state index contributed by atoms with van der Waals surface area (Å²) in [4.78, 5) is 20.0. The molecule has 0 aliphatic carbocycles. The number of amidine groups is 2. The van der Waals surface area contributed by atoms with E-state index in [1.165, 1.54) is 0 Å². The molecule has 0 spiro atoms. The Labute approximate surface area is 136 Å². The molecule has 0 saturated carbocycles. The molecule has 24 heavy (non-hydrogen) atoms. The highest BCUT2D eigenvalue weighted by Gasteiger charge is 2.40. The van der Waals surface area contributed by atoms with Crippen molar-refractivity contribution in [1.82, 2.24) is 0 Å². The zero-order valence-electron chi connectivity index (χ0n) is 12.5. The summed E-state index contributed by atoms with van der Waals surface area (Å²) in [5.41, 5.74) is 7.00. The van der Waals surface area contributed by atoms with Crippen LogP contribution in [0.25, 0.3) is 5.70 Å². The Kier molecular flexibility index (Phi) is 3.02. The van der Waals surface area contributed by atoms with E-state index in [2.05, 4.69) is 15.1 Å². The molecule has 4 N–H and O–H groups in total. The standard InChI is InChI=1S/C16H12N6O2/c17-15(23)11-4-1-3-10(7-11)12-9-22(18)14(8-19-12)20-16(21-22)13-5-2-6-24-13/h1-9H,18H2,(H-,17,23)/p+1. The third-order valence-electron chi connectivity index (χ3n) is 3.67. The molecule has 1 atom stereocenters. The minimum atomic E-state index is -0.504. The van der Waals surface area contributed by atoms with E-state index < -0.39 is 5.91 Å². The van der Waals surface area contributed by atoms with Gasteiger partial charge in [-0.1, -0.05) is 12.1 Å². The normalized spacial score (nSPS) is 21.8. The van der Waals surface area contributed by atoms with Gasteiger partial charge in [0.2, 0.25) is 5.91 Å². The van der Waals surface area contributed by atoms with Crippen molar-refractivity contribution in [1.29, 1.82) is 0 Å². The third kappa shape index (κ3) is 2.26. The Morgan fingerprint density at radius 2 is 2.08 bits per heavy atom. The molecule has 0 saturated heterocycles. The minimum Gasteiger partial charge on any atom is -0.461 e. The molecule has 0 fully saturated rings.